The number of thiophene rings is 1. The maximum absolute atomic E-state index is 11.2. The van der Waals surface area contributed by atoms with Crippen LogP contribution in [0, 0.1) is 10.1 Å². The number of piperidine rings is 1. The average Bonchev–Trinajstić information content (AvgIpc) is 2.83. The summed E-state index contributed by atoms with van der Waals surface area (Å²) >= 11 is 1.36. The van der Waals surface area contributed by atoms with Gasteiger partial charge in [-0.2, -0.15) is 0 Å². The Hall–Kier alpha value is -1.14. The van der Waals surface area contributed by atoms with Gasteiger partial charge in [0.25, 0.3) is 0 Å². The summed E-state index contributed by atoms with van der Waals surface area (Å²) in [6.07, 6.45) is 3.71. The smallest absolute Gasteiger partial charge is 0.304 e. The van der Waals surface area contributed by atoms with Crippen molar-refractivity contribution in [3.63, 3.8) is 0 Å². The number of hydrogen-bond acceptors (Lipinski definition) is 5. The van der Waals surface area contributed by atoms with Crippen molar-refractivity contribution in [1.82, 2.24) is 0 Å². The molecule has 6 heteroatoms. The van der Waals surface area contributed by atoms with Crippen LogP contribution in [-0.2, 0) is 0 Å². The van der Waals surface area contributed by atoms with E-state index in [1.807, 2.05) is 0 Å². The van der Waals surface area contributed by atoms with E-state index in [0.29, 0.717) is 15.9 Å². The second kappa shape index (κ2) is 5.88. The zero-order valence-electron chi connectivity index (χ0n) is 11.3. The summed E-state index contributed by atoms with van der Waals surface area (Å²) in [5.41, 5.74) is 0.140. The van der Waals surface area contributed by atoms with Crippen molar-refractivity contribution >= 4 is 22.0 Å². The molecule has 2 heterocycles. The highest BCUT2D eigenvalue weighted by atomic mass is 32.1. The number of anilines is 1. The molecule has 2 atom stereocenters. The lowest BCUT2D eigenvalue weighted by Crippen LogP contribution is -2.38. The van der Waals surface area contributed by atoms with E-state index in [4.69, 9.17) is 0 Å². The first-order chi connectivity index (χ1) is 9.04. The third-order valence-corrected chi connectivity index (χ3v) is 5.01. The molecule has 1 fully saturated rings. The van der Waals surface area contributed by atoms with Crippen molar-refractivity contribution in [2.24, 2.45) is 0 Å². The maximum atomic E-state index is 11.2. The van der Waals surface area contributed by atoms with Crippen LogP contribution >= 0.6 is 11.3 Å². The van der Waals surface area contributed by atoms with Crippen LogP contribution in [0.25, 0.3) is 0 Å². The number of aliphatic hydroxyl groups is 1. The molecule has 1 N–H and O–H groups in total. The number of nitro groups is 1. The van der Waals surface area contributed by atoms with Crippen molar-refractivity contribution in [1.29, 1.82) is 0 Å². The summed E-state index contributed by atoms with van der Waals surface area (Å²) in [6, 6.07) is 1.90. The van der Waals surface area contributed by atoms with E-state index in [1.54, 1.807) is 6.92 Å². The summed E-state index contributed by atoms with van der Waals surface area (Å²) in [6.45, 7) is 4.64. The van der Waals surface area contributed by atoms with E-state index in [1.165, 1.54) is 23.8 Å². The monoisotopic (exact) mass is 284 g/mol. The minimum atomic E-state index is -0.651. The van der Waals surface area contributed by atoms with E-state index in [0.717, 1.165) is 25.8 Å². The van der Waals surface area contributed by atoms with Crippen molar-refractivity contribution in [3.05, 3.63) is 21.1 Å². The van der Waals surface area contributed by atoms with Crippen molar-refractivity contribution in [2.45, 2.75) is 51.7 Å². The number of aliphatic hydroxyl groups excluding tert-OH is 1. The minimum absolute atomic E-state index is 0.140. The van der Waals surface area contributed by atoms with Gasteiger partial charge in [-0.1, -0.05) is 6.92 Å². The van der Waals surface area contributed by atoms with Crippen LogP contribution in [0.15, 0.2) is 6.07 Å². The van der Waals surface area contributed by atoms with E-state index in [-0.39, 0.29) is 10.6 Å². The zero-order chi connectivity index (χ0) is 14.0. The topological polar surface area (TPSA) is 66.6 Å². The van der Waals surface area contributed by atoms with Gasteiger partial charge in [0.15, 0.2) is 5.00 Å². The zero-order valence-corrected chi connectivity index (χ0v) is 12.2. The molecule has 0 bridgehead atoms. The van der Waals surface area contributed by atoms with E-state index in [9.17, 15) is 15.2 Å². The molecule has 0 aliphatic carbocycles. The Labute approximate surface area is 117 Å². The molecule has 0 spiro atoms. The molecule has 5 nitrogen and oxygen atoms in total. The third-order valence-electron chi connectivity index (χ3n) is 3.68. The number of hydrogen-bond donors (Lipinski definition) is 1. The van der Waals surface area contributed by atoms with Crippen LogP contribution in [-0.4, -0.2) is 22.6 Å². The van der Waals surface area contributed by atoms with Crippen molar-refractivity contribution in [2.75, 3.05) is 11.4 Å². The first-order valence-corrected chi connectivity index (χ1v) is 7.59. The summed E-state index contributed by atoms with van der Waals surface area (Å²) < 4.78 is 0. The lowest BCUT2D eigenvalue weighted by atomic mass is 10.0. The molecule has 106 valence electrons. The fraction of sp³-hybridized carbons (Fsp3) is 0.692. The molecule has 1 aromatic heterocycles. The number of nitrogens with zero attached hydrogens (tertiary/aromatic N) is 2. The highest BCUT2D eigenvalue weighted by Crippen LogP contribution is 2.42. The summed E-state index contributed by atoms with van der Waals surface area (Å²) in [7, 11) is 0. The molecule has 1 unspecified atom stereocenters. The molecule has 1 aliphatic heterocycles. The van der Waals surface area contributed by atoms with E-state index < -0.39 is 6.10 Å². The van der Waals surface area contributed by atoms with Gasteiger partial charge < -0.3 is 10.0 Å². The maximum Gasteiger partial charge on any atom is 0.304 e. The Morgan fingerprint density at radius 2 is 2.37 bits per heavy atom. The lowest BCUT2D eigenvalue weighted by Gasteiger charge is -2.35. The molecule has 0 aromatic carbocycles. The third kappa shape index (κ3) is 2.90. The van der Waals surface area contributed by atoms with Gasteiger partial charge in [-0.05, 0) is 32.6 Å². The molecule has 2 rings (SSSR count). The van der Waals surface area contributed by atoms with Crippen molar-refractivity contribution < 1.29 is 10.0 Å². The predicted octanol–water partition coefficient (Wildman–Crippen LogP) is 3.48. The van der Waals surface area contributed by atoms with Gasteiger partial charge in [0.05, 0.1) is 11.0 Å². The van der Waals surface area contributed by atoms with E-state index in [2.05, 4.69) is 11.8 Å². The van der Waals surface area contributed by atoms with Gasteiger partial charge in [0, 0.05) is 23.5 Å². The van der Waals surface area contributed by atoms with Crippen molar-refractivity contribution in [3.8, 4) is 0 Å². The van der Waals surface area contributed by atoms with Crippen LogP contribution in [0.5, 0.6) is 0 Å². The highest BCUT2D eigenvalue weighted by Gasteiger charge is 2.30. The van der Waals surface area contributed by atoms with Crippen LogP contribution < -0.4 is 4.90 Å². The van der Waals surface area contributed by atoms with Gasteiger partial charge in [-0.15, -0.1) is 11.3 Å². The van der Waals surface area contributed by atoms with Gasteiger partial charge in [0.1, 0.15) is 0 Å². The van der Waals surface area contributed by atoms with Gasteiger partial charge in [-0.25, -0.2) is 0 Å². The Morgan fingerprint density at radius 3 is 2.95 bits per heavy atom. The summed E-state index contributed by atoms with van der Waals surface area (Å²) in [5, 5.41) is 21.5. The van der Waals surface area contributed by atoms with Crippen LogP contribution in [0.2, 0.25) is 0 Å². The largest absolute Gasteiger partial charge is 0.388 e. The second-order valence-corrected chi connectivity index (χ2v) is 6.09. The molecule has 0 saturated carbocycles. The molecular formula is C13H20N2O3S. The first kappa shape index (κ1) is 14.3. The standard InChI is InChI=1S/C13H20N2O3S/c1-3-10-6-4-5-7-14(10)13-11(15(17)18)8-12(19-13)9(2)16/h8-10,16H,3-7H2,1-2H3/t9-,10?/m1/s1. The SMILES string of the molecule is CCC1CCCCN1c1sc([C@@H](C)O)cc1[N+](=O)[O-]. The average molecular weight is 284 g/mol. The normalized spacial score (nSPS) is 21.4. The quantitative estimate of drug-likeness (QED) is 0.679. The summed E-state index contributed by atoms with van der Waals surface area (Å²) in [5.74, 6) is 0. The second-order valence-electron chi connectivity index (χ2n) is 5.02. The predicted molar refractivity (Wildman–Crippen MR) is 76.9 cm³/mol. The Balaban J connectivity index is 2.38. The minimum Gasteiger partial charge on any atom is -0.388 e. The van der Waals surface area contributed by atoms with Gasteiger partial charge in [0.2, 0.25) is 0 Å². The Morgan fingerprint density at radius 1 is 1.63 bits per heavy atom. The Kier molecular flexibility index (Phi) is 4.42. The van der Waals surface area contributed by atoms with Gasteiger partial charge >= 0.3 is 5.69 Å². The first-order valence-electron chi connectivity index (χ1n) is 6.77. The van der Waals surface area contributed by atoms with Crippen LogP contribution in [0.3, 0.4) is 0 Å². The molecule has 0 radical (unpaired) electrons. The van der Waals surface area contributed by atoms with Gasteiger partial charge in [-0.3, -0.25) is 10.1 Å². The molecule has 1 aromatic rings. The Bertz CT molecular complexity index is 459. The van der Waals surface area contributed by atoms with Crippen LogP contribution in [0.4, 0.5) is 10.7 Å². The summed E-state index contributed by atoms with van der Waals surface area (Å²) in [4.78, 5) is 13.7. The fourth-order valence-electron chi connectivity index (χ4n) is 2.62. The molecule has 1 saturated heterocycles. The molecule has 1 aliphatic rings. The molecule has 19 heavy (non-hydrogen) atoms. The molecule has 0 amide bonds. The fourth-order valence-corrected chi connectivity index (χ4v) is 3.78. The number of rotatable bonds is 4. The lowest BCUT2D eigenvalue weighted by molar-refractivity contribution is -0.383. The highest BCUT2D eigenvalue weighted by molar-refractivity contribution is 7.16. The van der Waals surface area contributed by atoms with Crippen LogP contribution in [0.1, 0.15) is 50.5 Å². The van der Waals surface area contributed by atoms with E-state index >= 15 is 0 Å². The molecular weight excluding hydrogens is 264 g/mol.